The summed E-state index contributed by atoms with van der Waals surface area (Å²) in [5.41, 5.74) is 8.05. The van der Waals surface area contributed by atoms with Gasteiger partial charge in [-0.15, -0.1) is 36.2 Å². The molecule has 1 saturated carbocycles. The van der Waals surface area contributed by atoms with E-state index in [1.807, 2.05) is 6.07 Å². The van der Waals surface area contributed by atoms with Crippen molar-refractivity contribution < 1.29 is 4.79 Å². The first-order chi connectivity index (χ1) is 11.8. The van der Waals surface area contributed by atoms with Crippen molar-refractivity contribution in [2.75, 3.05) is 6.54 Å². The van der Waals surface area contributed by atoms with Crippen molar-refractivity contribution in [1.29, 1.82) is 0 Å². The smallest absolute Gasteiger partial charge is 0.223 e. The molecule has 3 rings (SSSR count). The number of carbonyl (C=O) groups is 1. The molecule has 2 atom stereocenters. The number of aromatic nitrogens is 1. The molecule has 2 aromatic rings. The minimum Gasteiger partial charge on any atom is -0.350 e. The maximum absolute atomic E-state index is 12.3. The zero-order chi connectivity index (χ0) is 16.8. The number of carbonyl (C=O) groups excluding carboxylic acids is 1. The Labute approximate surface area is 171 Å². The van der Waals surface area contributed by atoms with Gasteiger partial charge in [-0.1, -0.05) is 36.8 Å². The van der Waals surface area contributed by atoms with Crippen molar-refractivity contribution >= 4 is 42.1 Å². The number of amides is 1. The molecule has 1 aromatic heterocycles. The van der Waals surface area contributed by atoms with Gasteiger partial charge in [-0.25, -0.2) is 4.98 Å². The fraction of sp³-hybridized carbons (Fsp3) is 0.474. The van der Waals surface area contributed by atoms with Crippen LogP contribution in [-0.2, 0) is 24.2 Å². The summed E-state index contributed by atoms with van der Waals surface area (Å²) in [5.74, 6) is 0.579. The van der Waals surface area contributed by atoms with Crippen LogP contribution in [-0.4, -0.2) is 17.4 Å². The van der Waals surface area contributed by atoms with Crippen LogP contribution < -0.4 is 11.1 Å². The number of benzene rings is 1. The Kier molecular flexibility index (Phi) is 10.2. The Morgan fingerprint density at radius 1 is 1.19 bits per heavy atom. The number of nitrogens with two attached hydrogens (primary N) is 1. The molecule has 0 aliphatic heterocycles. The molecule has 1 fully saturated rings. The van der Waals surface area contributed by atoms with Crippen LogP contribution >= 0.6 is 36.2 Å². The largest absolute Gasteiger partial charge is 0.350 e. The first-order valence-corrected chi connectivity index (χ1v) is 9.59. The molecule has 1 aromatic carbocycles. The molecular formula is C19H27Cl2N3OS. The predicted molar refractivity (Wildman–Crippen MR) is 112 cm³/mol. The number of aryl methyl sites for hydroxylation is 2. The zero-order valence-electron chi connectivity index (χ0n) is 14.7. The van der Waals surface area contributed by atoms with Crippen LogP contribution in [0.2, 0.25) is 0 Å². The molecule has 0 unspecified atom stereocenters. The molecule has 1 aliphatic rings. The van der Waals surface area contributed by atoms with Gasteiger partial charge in [-0.05, 0) is 37.3 Å². The normalized spacial score (nSPS) is 18.7. The van der Waals surface area contributed by atoms with E-state index in [0.29, 0.717) is 19.0 Å². The van der Waals surface area contributed by atoms with Crippen molar-refractivity contribution in [3.8, 4) is 0 Å². The van der Waals surface area contributed by atoms with Crippen LogP contribution in [0.3, 0.4) is 0 Å². The zero-order valence-corrected chi connectivity index (χ0v) is 17.2. The average molecular weight is 416 g/mol. The summed E-state index contributed by atoms with van der Waals surface area (Å²) >= 11 is 1.68. The van der Waals surface area contributed by atoms with Gasteiger partial charge in [0.05, 0.1) is 17.2 Å². The lowest BCUT2D eigenvalue weighted by Crippen LogP contribution is -2.34. The van der Waals surface area contributed by atoms with Crippen molar-refractivity contribution in [2.45, 2.75) is 38.6 Å². The van der Waals surface area contributed by atoms with E-state index in [1.54, 1.807) is 11.3 Å². The number of nitrogens with zero attached hydrogens (tertiary/aromatic N) is 1. The van der Waals surface area contributed by atoms with Crippen LogP contribution in [0.4, 0.5) is 0 Å². The number of hydrogen-bond acceptors (Lipinski definition) is 4. The Bertz CT molecular complexity index is 666. The van der Waals surface area contributed by atoms with Gasteiger partial charge in [-0.3, -0.25) is 4.79 Å². The number of hydrogen-bond donors (Lipinski definition) is 2. The summed E-state index contributed by atoms with van der Waals surface area (Å²) in [5, 5.41) is 6.22. The highest BCUT2D eigenvalue weighted by Crippen LogP contribution is 2.31. The van der Waals surface area contributed by atoms with Gasteiger partial charge in [-0.2, -0.15) is 0 Å². The maximum atomic E-state index is 12.3. The van der Waals surface area contributed by atoms with E-state index in [4.69, 9.17) is 5.73 Å². The van der Waals surface area contributed by atoms with Gasteiger partial charge in [0.15, 0.2) is 0 Å². The summed E-state index contributed by atoms with van der Waals surface area (Å²) < 4.78 is 0. The topological polar surface area (TPSA) is 68.0 Å². The van der Waals surface area contributed by atoms with Gasteiger partial charge in [0.1, 0.15) is 0 Å². The highest BCUT2D eigenvalue weighted by molar-refractivity contribution is 7.09. The molecule has 1 heterocycles. The van der Waals surface area contributed by atoms with E-state index in [-0.39, 0.29) is 36.6 Å². The molecule has 144 valence electrons. The van der Waals surface area contributed by atoms with Gasteiger partial charge >= 0.3 is 0 Å². The summed E-state index contributed by atoms with van der Waals surface area (Å²) in [6.45, 7) is 1.13. The monoisotopic (exact) mass is 415 g/mol. The van der Waals surface area contributed by atoms with Crippen molar-refractivity contribution in [3.63, 3.8) is 0 Å². The van der Waals surface area contributed by atoms with Crippen LogP contribution in [0.5, 0.6) is 0 Å². The summed E-state index contributed by atoms with van der Waals surface area (Å²) in [6, 6.07) is 10.5. The second-order valence-electron chi connectivity index (χ2n) is 6.47. The summed E-state index contributed by atoms with van der Waals surface area (Å²) in [6.07, 6.45) is 5.10. The molecule has 3 N–H and O–H groups in total. The minimum absolute atomic E-state index is 0. The van der Waals surface area contributed by atoms with E-state index >= 15 is 0 Å². The van der Waals surface area contributed by atoms with Crippen molar-refractivity contribution in [2.24, 2.45) is 17.6 Å². The maximum Gasteiger partial charge on any atom is 0.223 e. The molecule has 26 heavy (non-hydrogen) atoms. The highest BCUT2D eigenvalue weighted by Gasteiger charge is 2.31. The molecule has 0 bridgehead atoms. The fourth-order valence-electron chi connectivity index (χ4n) is 3.41. The van der Waals surface area contributed by atoms with E-state index in [2.05, 4.69) is 39.9 Å². The molecule has 0 spiro atoms. The third-order valence-electron chi connectivity index (χ3n) is 4.81. The van der Waals surface area contributed by atoms with Crippen LogP contribution in [0.15, 0.2) is 35.7 Å². The fourth-order valence-corrected chi connectivity index (χ4v) is 4.21. The first-order valence-electron chi connectivity index (χ1n) is 8.71. The molecule has 4 nitrogen and oxygen atoms in total. The lowest BCUT2D eigenvalue weighted by Gasteiger charge is -2.16. The Morgan fingerprint density at radius 2 is 1.96 bits per heavy atom. The van der Waals surface area contributed by atoms with Gasteiger partial charge < -0.3 is 11.1 Å². The van der Waals surface area contributed by atoms with E-state index < -0.39 is 0 Å². The second-order valence-corrected chi connectivity index (χ2v) is 7.41. The number of nitrogens with one attached hydrogen (secondary N) is 1. The summed E-state index contributed by atoms with van der Waals surface area (Å²) in [7, 11) is 0. The van der Waals surface area contributed by atoms with Crippen molar-refractivity contribution in [1.82, 2.24) is 10.3 Å². The Balaban J connectivity index is 0.00000169. The van der Waals surface area contributed by atoms with Crippen LogP contribution in [0, 0.1) is 11.8 Å². The SMILES string of the molecule is Cl.Cl.NC[C@H]1CCC[C@H]1C(=O)NCc1csc(CCc2ccccc2)n1. The van der Waals surface area contributed by atoms with Gasteiger partial charge in [0.25, 0.3) is 0 Å². The lowest BCUT2D eigenvalue weighted by atomic mass is 9.95. The molecular weight excluding hydrogens is 389 g/mol. The quantitative estimate of drug-likeness (QED) is 0.722. The predicted octanol–water partition coefficient (Wildman–Crippen LogP) is 3.76. The highest BCUT2D eigenvalue weighted by atomic mass is 35.5. The molecule has 7 heteroatoms. The molecule has 1 amide bonds. The average Bonchev–Trinajstić information content (AvgIpc) is 3.28. The summed E-state index contributed by atoms with van der Waals surface area (Å²) in [4.78, 5) is 17.0. The molecule has 1 aliphatic carbocycles. The molecule has 0 saturated heterocycles. The van der Waals surface area contributed by atoms with Crippen LogP contribution in [0.1, 0.15) is 35.5 Å². The van der Waals surface area contributed by atoms with Crippen LogP contribution in [0.25, 0.3) is 0 Å². The third kappa shape index (κ3) is 6.23. The van der Waals surface area contributed by atoms with Gasteiger partial charge in [0, 0.05) is 17.7 Å². The standard InChI is InChI=1S/C19H25N3OS.2ClH/c20-11-15-7-4-8-17(15)19(23)21-12-16-13-24-18(22-16)10-9-14-5-2-1-3-6-14;;/h1-3,5-6,13,15,17H,4,7-12,20H2,(H,21,23);2*1H/t15-,17-;;/m1../s1. The number of thiazole rings is 1. The Hall–Kier alpha value is -1.14. The van der Waals surface area contributed by atoms with Crippen molar-refractivity contribution in [3.05, 3.63) is 52.0 Å². The first kappa shape index (κ1) is 22.9. The second kappa shape index (κ2) is 11.5. The minimum atomic E-state index is 0. The number of rotatable bonds is 7. The number of halogens is 2. The van der Waals surface area contributed by atoms with E-state index in [0.717, 1.165) is 42.8 Å². The van der Waals surface area contributed by atoms with E-state index in [9.17, 15) is 4.79 Å². The lowest BCUT2D eigenvalue weighted by molar-refractivity contribution is -0.126. The van der Waals surface area contributed by atoms with Gasteiger partial charge in [0.2, 0.25) is 5.91 Å². The Morgan fingerprint density at radius 3 is 2.69 bits per heavy atom. The third-order valence-corrected chi connectivity index (χ3v) is 5.77. The van der Waals surface area contributed by atoms with E-state index in [1.165, 1.54) is 5.56 Å². The molecule has 0 radical (unpaired) electrons.